The van der Waals surface area contributed by atoms with Crippen LogP contribution in [-0.2, 0) is 6.42 Å². The standard InChI is InChI=1S/C23H27N5/c1-14(2)21-18-12-16(11-15-5-8-24-9-6-15)3-4-20(18)27-22(21)17-7-10-25-23-19(17)13-26-28-23/h3-4,7,10,12-15,24,27H,5-6,8-9,11H2,1-2H3,(H,25,26,28). The number of aromatic amines is 2. The molecule has 0 aliphatic carbocycles. The Bertz CT molecular complexity index is 1110. The average Bonchev–Trinajstić information content (AvgIpc) is 3.32. The first-order chi connectivity index (χ1) is 13.7. The molecule has 1 aliphatic rings. The van der Waals surface area contributed by atoms with Crippen molar-refractivity contribution in [2.24, 2.45) is 5.92 Å². The molecule has 4 heterocycles. The summed E-state index contributed by atoms with van der Waals surface area (Å²) in [5, 5.41) is 13.1. The molecule has 0 atom stereocenters. The molecule has 5 rings (SSSR count). The Kier molecular flexibility index (Phi) is 4.40. The fourth-order valence-corrected chi connectivity index (χ4v) is 4.69. The molecule has 5 nitrogen and oxygen atoms in total. The van der Waals surface area contributed by atoms with E-state index in [1.54, 1.807) is 0 Å². The highest BCUT2D eigenvalue weighted by atomic mass is 15.1. The van der Waals surface area contributed by atoms with Crippen LogP contribution >= 0.6 is 0 Å². The largest absolute Gasteiger partial charge is 0.354 e. The zero-order valence-corrected chi connectivity index (χ0v) is 16.5. The lowest BCUT2D eigenvalue weighted by atomic mass is 9.89. The van der Waals surface area contributed by atoms with E-state index in [-0.39, 0.29) is 0 Å². The van der Waals surface area contributed by atoms with Crippen LogP contribution in [0, 0.1) is 5.92 Å². The van der Waals surface area contributed by atoms with Crippen molar-refractivity contribution in [3.8, 4) is 11.3 Å². The van der Waals surface area contributed by atoms with Gasteiger partial charge in [0.15, 0.2) is 5.65 Å². The summed E-state index contributed by atoms with van der Waals surface area (Å²) in [7, 11) is 0. The molecule has 5 heteroatoms. The second-order valence-electron chi connectivity index (χ2n) is 8.34. The minimum atomic E-state index is 0.424. The van der Waals surface area contributed by atoms with Gasteiger partial charge in [-0.3, -0.25) is 5.10 Å². The summed E-state index contributed by atoms with van der Waals surface area (Å²) >= 11 is 0. The number of hydrogen-bond donors (Lipinski definition) is 3. The van der Waals surface area contributed by atoms with Gasteiger partial charge in [-0.25, -0.2) is 4.98 Å². The van der Waals surface area contributed by atoms with E-state index in [0.29, 0.717) is 5.92 Å². The molecule has 0 bridgehead atoms. The number of piperidine rings is 1. The van der Waals surface area contributed by atoms with E-state index in [1.165, 1.54) is 52.5 Å². The summed E-state index contributed by atoms with van der Waals surface area (Å²) in [6, 6.07) is 9.06. The number of nitrogens with zero attached hydrogens (tertiary/aromatic N) is 2. The van der Waals surface area contributed by atoms with E-state index in [9.17, 15) is 0 Å². The quantitative estimate of drug-likeness (QED) is 0.482. The van der Waals surface area contributed by atoms with E-state index < -0.39 is 0 Å². The van der Waals surface area contributed by atoms with Gasteiger partial charge in [-0.05, 0) is 73.5 Å². The Morgan fingerprint density at radius 2 is 1.96 bits per heavy atom. The van der Waals surface area contributed by atoms with Crippen LogP contribution in [0.5, 0.6) is 0 Å². The molecule has 4 aromatic rings. The summed E-state index contributed by atoms with van der Waals surface area (Å²) in [6.45, 7) is 6.86. The summed E-state index contributed by atoms with van der Waals surface area (Å²) in [5.74, 6) is 1.22. The Labute approximate surface area is 165 Å². The van der Waals surface area contributed by atoms with Crippen molar-refractivity contribution in [1.29, 1.82) is 0 Å². The molecule has 3 aromatic heterocycles. The first kappa shape index (κ1) is 17.4. The highest BCUT2D eigenvalue weighted by molar-refractivity contribution is 5.98. The van der Waals surface area contributed by atoms with E-state index in [2.05, 4.69) is 63.6 Å². The van der Waals surface area contributed by atoms with Crippen molar-refractivity contribution in [3.63, 3.8) is 0 Å². The lowest BCUT2D eigenvalue weighted by molar-refractivity contribution is 0.373. The van der Waals surface area contributed by atoms with Crippen LogP contribution in [0.4, 0.5) is 0 Å². The van der Waals surface area contributed by atoms with Crippen LogP contribution in [0.25, 0.3) is 33.2 Å². The number of benzene rings is 1. The molecule has 1 fully saturated rings. The monoisotopic (exact) mass is 373 g/mol. The maximum absolute atomic E-state index is 4.40. The molecule has 144 valence electrons. The number of H-pyrrole nitrogens is 2. The van der Waals surface area contributed by atoms with Crippen LogP contribution < -0.4 is 5.32 Å². The van der Waals surface area contributed by atoms with Crippen LogP contribution in [-0.4, -0.2) is 33.3 Å². The number of hydrogen-bond acceptors (Lipinski definition) is 3. The molecular weight excluding hydrogens is 346 g/mol. The van der Waals surface area contributed by atoms with E-state index in [4.69, 9.17) is 0 Å². The molecule has 0 radical (unpaired) electrons. The zero-order valence-electron chi connectivity index (χ0n) is 16.5. The third kappa shape index (κ3) is 3.00. The van der Waals surface area contributed by atoms with Crippen LogP contribution in [0.2, 0.25) is 0 Å². The van der Waals surface area contributed by atoms with Gasteiger partial charge < -0.3 is 10.3 Å². The molecule has 3 N–H and O–H groups in total. The molecule has 0 amide bonds. The Morgan fingerprint density at radius 3 is 2.79 bits per heavy atom. The molecule has 0 spiro atoms. The van der Waals surface area contributed by atoms with E-state index in [1.807, 2.05) is 12.4 Å². The predicted octanol–water partition coefficient (Wildman–Crippen LogP) is 4.77. The molecule has 0 unspecified atom stereocenters. The van der Waals surface area contributed by atoms with Gasteiger partial charge >= 0.3 is 0 Å². The second kappa shape index (κ2) is 7.06. The van der Waals surface area contributed by atoms with Gasteiger partial charge in [-0.1, -0.05) is 19.9 Å². The summed E-state index contributed by atoms with van der Waals surface area (Å²) in [5.41, 5.74) is 7.24. The molecule has 0 saturated carbocycles. The lowest BCUT2D eigenvalue weighted by Gasteiger charge is -2.22. The third-order valence-electron chi connectivity index (χ3n) is 6.09. The first-order valence-electron chi connectivity index (χ1n) is 10.3. The number of fused-ring (bicyclic) bond motifs is 2. The van der Waals surface area contributed by atoms with Crippen molar-refractivity contribution >= 4 is 21.9 Å². The van der Waals surface area contributed by atoms with E-state index in [0.717, 1.165) is 30.0 Å². The summed E-state index contributed by atoms with van der Waals surface area (Å²) in [4.78, 5) is 8.09. The van der Waals surface area contributed by atoms with Gasteiger partial charge in [-0.2, -0.15) is 5.10 Å². The molecule has 28 heavy (non-hydrogen) atoms. The SMILES string of the molecule is CC(C)c1c(-c2ccnc3[nH]ncc23)[nH]c2ccc(CC3CCNCC3)cc12. The van der Waals surface area contributed by atoms with Gasteiger partial charge in [-0.15, -0.1) is 0 Å². The number of nitrogens with one attached hydrogen (secondary N) is 3. The van der Waals surface area contributed by atoms with Gasteiger partial charge in [0.1, 0.15) is 0 Å². The Balaban J connectivity index is 1.62. The van der Waals surface area contributed by atoms with Crippen molar-refractivity contribution in [2.75, 3.05) is 13.1 Å². The van der Waals surface area contributed by atoms with E-state index >= 15 is 0 Å². The van der Waals surface area contributed by atoms with Gasteiger partial charge in [0.2, 0.25) is 0 Å². The van der Waals surface area contributed by atoms with Crippen molar-refractivity contribution < 1.29 is 0 Å². The highest BCUT2D eigenvalue weighted by Crippen LogP contribution is 2.38. The van der Waals surface area contributed by atoms with Crippen molar-refractivity contribution in [1.82, 2.24) is 25.5 Å². The van der Waals surface area contributed by atoms with Crippen molar-refractivity contribution in [2.45, 2.75) is 39.0 Å². The number of rotatable bonds is 4. The van der Waals surface area contributed by atoms with Gasteiger partial charge in [0, 0.05) is 28.0 Å². The maximum atomic E-state index is 4.40. The van der Waals surface area contributed by atoms with Gasteiger partial charge in [0.05, 0.1) is 11.9 Å². The molecule has 1 aliphatic heterocycles. The normalized spacial score (nSPS) is 15.8. The molecule has 1 saturated heterocycles. The third-order valence-corrected chi connectivity index (χ3v) is 6.09. The van der Waals surface area contributed by atoms with Gasteiger partial charge in [0.25, 0.3) is 0 Å². The fourth-order valence-electron chi connectivity index (χ4n) is 4.69. The fraction of sp³-hybridized carbons (Fsp3) is 0.391. The van der Waals surface area contributed by atoms with Crippen molar-refractivity contribution in [3.05, 3.63) is 47.8 Å². The summed E-state index contributed by atoms with van der Waals surface area (Å²) in [6.07, 6.45) is 7.46. The predicted molar refractivity (Wildman–Crippen MR) is 115 cm³/mol. The second-order valence-corrected chi connectivity index (χ2v) is 8.34. The van der Waals surface area contributed by atoms with Crippen LogP contribution in [0.15, 0.2) is 36.7 Å². The topological polar surface area (TPSA) is 69.4 Å². The first-order valence-corrected chi connectivity index (χ1v) is 10.3. The lowest BCUT2D eigenvalue weighted by Crippen LogP contribution is -2.28. The average molecular weight is 374 g/mol. The molecular formula is C23H27N5. The minimum absolute atomic E-state index is 0.424. The Hall–Kier alpha value is -2.66. The number of aromatic nitrogens is 4. The Morgan fingerprint density at radius 1 is 1.11 bits per heavy atom. The summed E-state index contributed by atoms with van der Waals surface area (Å²) < 4.78 is 0. The molecule has 1 aromatic carbocycles. The minimum Gasteiger partial charge on any atom is -0.354 e. The van der Waals surface area contributed by atoms with Crippen LogP contribution in [0.1, 0.15) is 43.7 Å². The zero-order chi connectivity index (χ0) is 19.1. The highest BCUT2D eigenvalue weighted by Gasteiger charge is 2.20. The maximum Gasteiger partial charge on any atom is 0.155 e. The van der Waals surface area contributed by atoms with Crippen LogP contribution in [0.3, 0.4) is 0 Å². The number of pyridine rings is 1. The smallest absolute Gasteiger partial charge is 0.155 e.